The molecule has 0 bridgehead atoms. The minimum atomic E-state index is -0.863. The first kappa shape index (κ1) is 19.8. The van der Waals surface area contributed by atoms with Gasteiger partial charge in [-0.15, -0.1) is 23.2 Å². The number of allylic oxidation sites excluding steroid dienone is 1. The Hall–Kier alpha value is -1.95. The standard InChI is InChI=1S/C19H16Cl3F2N3/c1-9(26-12-6-16(23)18(25)17(24)7-12)13-5-11(3-4-15(13)20)27-10(2)14-8-19(14,21)22/h3-7,14,26-27H,1-2,8,25H2. The van der Waals surface area contributed by atoms with Crippen molar-refractivity contribution < 1.29 is 8.78 Å². The van der Waals surface area contributed by atoms with Crippen LogP contribution < -0.4 is 16.4 Å². The molecule has 0 aromatic heterocycles. The Morgan fingerprint density at radius 3 is 2.22 bits per heavy atom. The van der Waals surface area contributed by atoms with Crippen LogP contribution >= 0.6 is 34.8 Å². The molecular formula is C19H16Cl3F2N3. The van der Waals surface area contributed by atoms with E-state index in [1.54, 1.807) is 18.2 Å². The number of nitrogens with two attached hydrogens (primary N) is 1. The quantitative estimate of drug-likeness (QED) is 0.367. The van der Waals surface area contributed by atoms with Gasteiger partial charge in [0.25, 0.3) is 0 Å². The van der Waals surface area contributed by atoms with E-state index in [9.17, 15) is 8.78 Å². The van der Waals surface area contributed by atoms with E-state index in [0.29, 0.717) is 34.1 Å². The summed E-state index contributed by atoms with van der Waals surface area (Å²) in [5.41, 5.74) is 7.19. The van der Waals surface area contributed by atoms with Crippen molar-refractivity contribution in [2.24, 2.45) is 5.92 Å². The molecule has 0 spiro atoms. The van der Waals surface area contributed by atoms with E-state index in [1.165, 1.54) is 0 Å². The van der Waals surface area contributed by atoms with E-state index in [2.05, 4.69) is 23.8 Å². The van der Waals surface area contributed by atoms with Gasteiger partial charge in [0.2, 0.25) is 0 Å². The van der Waals surface area contributed by atoms with Gasteiger partial charge >= 0.3 is 0 Å². The van der Waals surface area contributed by atoms with Crippen LogP contribution in [0, 0.1) is 17.6 Å². The second-order valence-electron chi connectivity index (χ2n) is 6.32. The first-order chi connectivity index (χ1) is 12.6. The van der Waals surface area contributed by atoms with Gasteiger partial charge in [-0.2, -0.15) is 0 Å². The summed E-state index contributed by atoms with van der Waals surface area (Å²) in [4.78, 5) is 0. The van der Waals surface area contributed by atoms with Crippen LogP contribution in [0.4, 0.5) is 25.8 Å². The molecule has 2 aromatic carbocycles. The molecule has 1 atom stereocenters. The molecule has 0 heterocycles. The van der Waals surface area contributed by atoms with E-state index >= 15 is 0 Å². The zero-order chi connectivity index (χ0) is 19.9. The maximum absolute atomic E-state index is 13.6. The molecule has 1 unspecified atom stereocenters. The molecule has 27 heavy (non-hydrogen) atoms. The van der Waals surface area contributed by atoms with E-state index in [0.717, 1.165) is 12.1 Å². The summed E-state index contributed by atoms with van der Waals surface area (Å²) in [5.74, 6) is -1.77. The highest BCUT2D eigenvalue weighted by atomic mass is 35.5. The summed E-state index contributed by atoms with van der Waals surface area (Å²) in [6.07, 6.45) is 0.630. The summed E-state index contributed by atoms with van der Waals surface area (Å²) in [6.45, 7) is 7.84. The normalized spacial score (nSPS) is 17.3. The highest BCUT2D eigenvalue weighted by Crippen LogP contribution is 2.56. The third kappa shape index (κ3) is 4.32. The van der Waals surface area contributed by atoms with Crippen molar-refractivity contribution in [2.75, 3.05) is 16.4 Å². The van der Waals surface area contributed by atoms with Crippen LogP contribution in [0.3, 0.4) is 0 Å². The second kappa shape index (κ2) is 7.23. The van der Waals surface area contributed by atoms with E-state index in [4.69, 9.17) is 40.5 Å². The van der Waals surface area contributed by atoms with Crippen LogP contribution in [-0.2, 0) is 0 Å². The van der Waals surface area contributed by atoms with Crippen LogP contribution in [0.15, 0.2) is 49.2 Å². The predicted molar refractivity (Wildman–Crippen MR) is 110 cm³/mol. The van der Waals surface area contributed by atoms with Gasteiger partial charge in [0, 0.05) is 34.3 Å². The third-order valence-electron chi connectivity index (χ3n) is 4.22. The highest BCUT2D eigenvalue weighted by Gasteiger charge is 2.53. The Kier molecular flexibility index (Phi) is 5.30. The minimum Gasteiger partial charge on any atom is -0.394 e. The van der Waals surface area contributed by atoms with Crippen molar-refractivity contribution in [3.8, 4) is 0 Å². The molecule has 3 nitrogen and oxygen atoms in total. The molecule has 0 aliphatic heterocycles. The summed E-state index contributed by atoms with van der Waals surface area (Å²) >= 11 is 18.3. The van der Waals surface area contributed by atoms with E-state index in [-0.39, 0.29) is 11.6 Å². The lowest BCUT2D eigenvalue weighted by atomic mass is 10.1. The highest BCUT2D eigenvalue weighted by molar-refractivity contribution is 6.51. The van der Waals surface area contributed by atoms with Gasteiger partial charge in [-0.05, 0) is 36.8 Å². The van der Waals surface area contributed by atoms with Crippen molar-refractivity contribution in [3.63, 3.8) is 0 Å². The maximum Gasteiger partial charge on any atom is 0.151 e. The molecule has 1 aliphatic carbocycles. The largest absolute Gasteiger partial charge is 0.394 e. The van der Waals surface area contributed by atoms with Gasteiger partial charge in [0.1, 0.15) is 10.0 Å². The summed E-state index contributed by atoms with van der Waals surface area (Å²) in [5, 5.41) is 6.39. The van der Waals surface area contributed by atoms with E-state index < -0.39 is 21.7 Å². The average Bonchev–Trinajstić information content (AvgIpc) is 3.23. The minimum absolute atomic E-state index is 0.0398. The summed E-state index contributed by atoms with van der Waals surface area (Å²) < 4.78 is 26.5. The zero-order valence-corrected chi connectivity index (χ0v) is 16.3. The molecule has 0 amide bonds. The summed E-state index contributed by atoms with van der Waals surface area (Å²) in [7, 11) is 0. The van der Waals surface area contributed by atoms with Gasteiger partial charge in [0.05, 0.1) is 5.02 Å². The Bertz CT molecular complexity index is 921. The van der Waals surface area contributed by atoms with Gasteiger partial charge in [0.15, 0.2) is 11.6 Å². The number of hydrogen-bond acceptors (Lipinski definition) is 3. The van der Waals surface area contributed by atoms with Gasteiger partial charge in [-0.1, -0.05) is 24.8 Å². The number of hydrogen-bond donors (Lipinski definition) is 3. The number of nitrogen functional groups attached to an aromatic ring is 1. The van der Waals surface area contributed by atoms with E-state index in [1.807, 2.05) is 0 Å². The zero-order valence-electron chi connectivity index (χ0n) is 14.1. The molecule has 1 saturated carbocycles. The molecule has 0 radical (unpaired) electrons. The first-order valence-electron chi connectivity index (χ1n) is 7.92. The molecule has 1 fully saturated rings. The monoisotopic (exact) mass is 429 g/mol. The van der Waals surface area contributed by atoms with Crippen LogP contribution in [0.2, 0.25) is 5.02 Å². The lowest BCUT2D eigenvalue weighted by molar-refractivity contribution is 0.593. The molecule has 142 valence electrons. The third-order valence-corrected chi connectivity index (χ3v) is 5.38. The van der Waals surface area contributed by atoms with Gasteiger partial charge in [-0.25, -0.2) is 8.78 Å². The fourth-order valence-electron chi connectivity index (χ4n) is 2.60. The molecule has 8 heteroatoms. The molecule has 3 rings (SSSR count). The topological polar surface area (TPSA) is 50.1 Å². The lowest BCUT2D eigenvalue weighted by Crippen LogP contribution is -2.05. The number of anilines is 3. The second-order valence-corrected chi connectivity index (χ2v) is 8.27. The van der Waals surface area contributed by atoms with Crippen molar-refractivity contribution in [1.82, 2.24) is 0 Å². The summed E-state index contributed by atoms with van der Waals surface area (Å²) in [6, 6.07) is 7.33. The molecule has 4 N–H and O–H groups in total. The fraction of sp³-hybridized carbons (Fsp3) is 0.158. The van der Waals surface area contributed by atoms with Crippen molar-refractivity contribution in [3.05, 3.63) is 71.4 Å². The predicted octanol–water partition coefficient (Wildman–Crippen LogP) is 6.40. The Morgan fingerprint density at radius 1 is 1.07 bits per heavy atom. The van der Waals surface area contributed by atoms with Gasteiger partial charge < -0.3 is 16.4 Å². The molecular weight excluding hydrogens is 415 g/mol. The number of alkyl halides is 2. The number of halogens is 5. The molecule has 2 aromatic rings. The Balaban J connectivity index is 1.77. The van der Waals surface area contributed by atoms with Crippen LogP contribution in [0.1, 0.15) is 12.0 Å². The number of rotatable bonds is 6. The van der Waals surface area contributed by atoms with Crippen LogP contribution in [-0.4, -0.2) is 4.33 Å². The SMILES string of the molecule is C=C(Nc1cc(F)c(N)c(F)c1)c1cc(NC(=C)C2CC2(Cl)Cl)ccc1Cl. The lowest BCUT2D eigenvalue weighted by Gasteiger charge is -2.15. The fourth-order valence-corrected chi connectivity index (χ4v) is 3.40. The number of nitrogens with one attached hydrogen (secondary N) is 2. The number of benzene rings is 2. The van der Waals surface area contributed by atoms with Crippen molar-refractivity contribution in [2.45, 2.75) is 10.8 Å². The maximum atomic E-state index is 13.6. The van der Waals surface area contributed by atoms with Gasteiger partial charge in [-0.3, -0.25) is 0 Å². The van der Waals surface area contributed by atoms with Crippen LogP contribution in [0.5, 0.6) is 0 Å². The average molecular weight is 431 g/mol. The van der Waals surface area contributed by atoms with Crippen molar-refractivity contribution >= 4 is 57.6 Å². The smallest absolute Gasteiger partial charge is 0.151 e. The Morgan fingerprint density at radius 2 is 1.67 bits per heavy atom. The molecule has 0 saturated heterocycles. The van der Waals surface area contributed by atoms with Crippen LogP contribution in [0.25, 0.3) is 5.70 Å². The first-order valence-corrected chi connectivity index (χ1v) is 9.06. The Labute approximate surface area is 170 Å². The molecule has 1 aliphatic rings. The van der Waals surface area contributed by atoms with Crippen molar-refractivity contribution in [1.29, 1.82) is 0 Å².